The maximum absolute atomic E-state index is 13.1. The van der Waals surface area contributed by atoms with Gasteiger partial charge in [-0.25, -0.2) is 4.98 Å². The molecule has 3 aromatic rings. The smallest absolute Gasteiger partial charge is 0.496 e. The first-order valence-corrected chi connectivity index (χ1v) is 8.18. The van der Waals surface area contributed by atoms with Gasteiger partial charge >= 0.3 is 6.29 Å². The molecule has 0 spiro atoms. The van der Waals surface area contributed by atoms with Crippen molar-refractivity contribution in [2.75, 3.05) is 7.11 Å². The third-order valence-corrected chi connectivity index (χ3v) is 3.96. The number of ether oxygens (including phenoxy) is 3. The first-order chi connectivity index (χ1) is 13.4. The SMILES string of the molecule is COc1ccccc1-c1n[nH]c(CNC(=O)c2ccc3c(c2)OC(F)(F)O3)n1. The quantitative estimate of drug-likeness (QED) is 0.698. The standard InChI is InChI=1S/C18H14F2N4O4/c1-26-12-5-3-2-4-11(12)16-22-15(23-24-16)9-21-17(25)10-6-7-13-14(8-10)28-18(19,20)27-13/h2-8H,9H2,1H3,(H,21,25)(H,22,23,24). The second-order valence-corrected chi connectivity index (χ2v) is 5.82. The minimum atomic E-state index is -3.73. The van der Waals surface area contributed by atoms with E-state index in [0.717, 1.165) is 0 Å². The van der Waals surface area contributed by atoms with Crippen LogP contribution in [0.3, 0.4) is 0 Å². The van der Waals surface area contributed by atoms with Gasteiger partial charge in [-0.05, 0) is 30.3 Å². The number of benzene rings is 2. The summed E-state index contributed by atoms with van der Waals surface area (Å²) < 4.78 is 40.0. The molecule has 1 aliphatic heterocycles. The summed E-state index contributed by atoms with van der Waals surface area (Å²) in [6, 6.07) is 11.1. The Kier molecular flexibility index (Phi) is 4.30. The molecule has 1 aromatic heterocycles. The number of aromatic nitrogens is 3. The fraction of sp³-hybridized carbons (Fsp3) is 0.167. The van der Waals surface area contributed by atoms with Gasteiger partial charge in [-0.1, -0.05) is 12.1 Å². The highest BCUT2D eigenvalue weighted by Crippen LogP contribution is 2.41. The summed E-state index contributed by atoms with van der Waals surface area (Å²) in [7, 11) is 1.55. The Hall–Kier alpha value is -3.69. The highest BCUT2D eigenvalue weighted by Gasteiger charge is 2.43. The Balaban J connectivity index is 1.43. The van der Waals surface area contributed by atoms with Gasteiger partial charge in [0.2, 0.25) is 0 Å². The number of nitrogens with zero attached hydrogens (tertiary/aromatic N) is 2. The van der Waals surface area contributed by atoms with Crippen LogP contribution in [-0.2, 0) is 6.54 Å². The topological polar surface area (TPSA) is 98.4 Å². The number of para-hydroxylation sites is 1. The predicted octanol–water partition coefficient (Wildman–Crippen LogP) is 2.73. The fourth-order valence-corrected chi connectivity index (χ4v) is 2.68. The van der Waals surface area contributed by atoms with E-state index in [2.05, 4.69) is 30.0 Å². The number of aromatic amines is 1. The van der Waals surface area contributed by atoms with Gasteiger partial charge in [0.05, 0.1) is 19.2 Å². The average molecular weight is 388 g/mol. The van der Waals surface area contributed by atoms with Gasteiger partial charge in [0.15, 0.2) is 17.3 Å². The van der Waals surface area contributed by atoms with E-state index in [-0.39, 0.29) is 23.6 Å². The lowest BCUT2D eigenvalue weighted by Crippen LogP contribution is -2.26. The van der Waals surface area contributed by atoms with E-state index >= 15 is 0 Å². The van der Waals surface area contributed by atoms with Crippen molar-refractivity contribution in [2.45, 2.75) is 12.8 Å². The number of carbonyl (C=O) groups is 1. The third kappa shape index (κ3) is 3.43. The van der Waals surface area contributed by atoms with Crippen LogP contribution >= 0.6 is 0 Å². The van der Waals surface area contributed by atoms with Crippen LogP contribution in [-0.4, -0.2) is 34.5 Å². The molecular weight excluding hydrogens is 374 g/mol. The van der Waals surface area contributed by atoms with Crippen molar-refractivity contribution in [3.8, 4) is 28.6 Å². The average Bonchev–Trinajstić information content (AvgIpc) is 3.27. The summed E-state index contributed by atoms with van der Waals surface area (Å²) in [5.41, 5.74) is 0.847. The lowest BCUT2D eigenvalue weighted by atomic mass is 10.2. The number of hydrogen-bond donors (Lipinski definition) is 2. The number of rotatable bonds is 5. The van der Waals surface area contributed by atoms with Crippen molar-refractivity contribution in [3.05, 3.63) is 53.9 Å². The van der Waals surface area contributed by atoms with E-state index in [1.165, 1.54) is 18.2 Å². The number of carbonyl (C=O) groups excluding carboxylic acids is 1. The number of methoxy groups -OCH3 is 1. The van der Waals surface area contributed by atoms with Crippen molar-refractivity contribution in [1.29, 1.82) is 0 Å². The molecule has 144 valence electrons. The largest absolute Gasteiger partial charge is 0.586 e. The molecule has 2 N–H and O–H groups in total. The van der Waals surface area contributed by atoms with Crippen LogP contribution in [0, 0.1) is 0 Å². The summed E-state index contributed by atoms with van der Waals surface area (Å²) in [5.74, 6) is 0.647. The van der Waals surface area contributed by atoms with Crippen molar-refractivity contribution >= 4 is 5.91 Å². The van der Waals surface area contributed by atoms with E-state index < -0.39 is 12.2 Å². The van der Waals surface area contributed by atoms with Crippen molar-refractivity contribution in [2.24, 2.45) is 0 Å². The van der Waals surface area contributed by atoms with Crippen molar-refractivity contribution in [1.82, 2.24) is 20.5 Å². The summed E-state index contributed by atoms with van der Waals surface area (Å²) in [6.07, 6.45) is -3.73. The number of nitrogens with one attached hydrogen (secondary N) is 2. The van der Waals surface area contributed by atoms with Gasteiger partial charge in [0.25, 0.3) is 5.91 Å². The molecule has 28 heavy (non-hydrogen) atoms. The van der Waals surface area contributed by atoms with Crippen molar-refractivity contribution < 1.29 is 27.8 Å². The Morgan fingerprint density at radius 2 is 2.00 bits per heavy atom. The maximum atomic E-state index is 13.1. The highest BCUT2D eigenvalue weighted by atomic mass is 19.3. The normalized spacial score (nSPS) is 14.0. The van der Waals surface area contributed by atoms with E-state index in [9.17, 15) is 13.6 Å². The van der Waals surface area contributed by atoms with E-state index in [1.807, 2.05) is 18.2 Å². The van der Waals surface area contributed by atoms with Crippen LogP contribution in [0.2, 0.25) is 0 Å². The molecule has 0 radical (unpaired) electrons. The second kappa shape index (κ2) is 6.80. The second-order valence-electron chi connectivity index (χ2n) is 5.82. The lowest BCUT2D eigenvalue weighted by Gasteiger charge is -2.05. The molecule has 1 amide bonds. The molecule has 0 atom stereocenters. The Morgan fingerprint density at radius 3 is 2.82 bits per heavy atom. The molecule has 0 aliphatic carbocycles. The zero-order chi connectivity index (χ0) is 19.7. The molecule has 0 fully saturated rings. The maximum Gasteiger partial charge on any atom is 0.586 e. The number of H-pyrrole nitrogens is 1. The van der Waals surface area contributed by atoms with Gasteiger partial charge in [0, 0.05) is 5.56 Å². The van der Waals surface area contributed by atoms with Gasteiger partial charge < -0.3 is 19.5 Å². The molecule has 0 saturated heterocycles. The number of hydrogen-bond acceptors (Lipinski definition) is 6. The summed E-state index contributed by atoms with van der Waals surface area (Å²) in [4.78, 5) is 16.6. The van der Waals surface area contributed by atoms with E-state index in [1.54, 1.807) is 13.2 Å². The van der Waals surface area contributed by atoms with E-state index in [0.29, 0.717) is 23.0 Å². The summed E-state index contributed by atoms with van der Waals surface area (Å²) in [5, 5.41) is 9.49. The zero-order valence-corrected chi connectivity index (χ0v) is 14.5. The predicted molar refractivity (Wildman–Crippen MR) is 92.2 cm³/mol. The number of alkyl halides is 2. The lowest BCUT2D eigenvalue weighted by molar-refractivity contribution is -0.286. The van der Waals surface area contributed by atoms with E-state index in [4.69, 9.17) is 4.74 Å². The zero-order valence-electron chi connectivity index (χ0n) is 14.5. The first-order valence-electron chi connectivity index (χ1n) is 8.18. The minimum Gasteiger partial charge on any atom is -0.496 e. The van der Waals surface area contributed by atoms with Crippen molar-refractivity contribution in [3.63, 3.8) is 0 Å². The first kappa shape index (κ1) is 17.7. The minimum absolute atomic E-state index is 0.0611. The fourth-order valence-electron chi connectivity index (χ4n) is 2.68. The van der Waals surface area contributed by atoms with Crippen LogP contribution in [0.5, 0.6) is 17.2 Å². The number of halogens is 2. The molecule has 0 saturated carbocycles. The van der Waals surface area contributed by atoms with Crippen LogP contribution in [0.15, 0.2) is 42.5 Å². The van der Waals surface area contributed by atoms with Gasteiger partial charge in [-0.15, -0.1) is 8.78 Å². The Morgan fingerprint density at radius 1 is 1.21 bits per heavy atom. The third-order valence-electron chi connectivity index (χ3n) is 3.96. The van der Waals surface area contributed by atoms with Crippen LogP contribution in [0.25, 0.3) is 11.4 Å². The Labute approximate surface area is 157 Å². The molecule has 0 unspecified atom stereocenters. The highest BCUT2D eigenvalue weighted by molar-refractivity contribution is 5.94. The molecule has 10 heteroatoms. The van der Waals surface area contributed by atoms with Gasteiger partial charge in [-0.3, -0.25) is 9.89 Å². The molecule has 1 aliphatic rings. The molecular formula is C18H14F2N4O4. The molecule has 2 aromatic carbocycles. The van der Waals surface area contributed by atoms with Gasteiger partial charge in [-0.2, -0.15) is 5.10 Å². The van der Waals surface area contributed by atoms with Crippen LogP contribution in [0.1, 0.15) is 16.2 Å². The monoisotopic (exact) mass is 388 g/mol. The molecule has 2 heterocycles. The summed E-state index contributed by atoms with van der Waals surface area (Å²) >= 11 is 0. The summed E-state index contributed by atoms with van der Waals surface area (Å²) in [6.45, 7) is 0.0611. The van der Waals surface area contributed by atoms with Crippen LogP contribution in [0.4, 0.5) is 8.78 Å². The number of fused-ring (bicyclic) bond motifs is 1. The van der Waals surface area contributed by atoms with Gasteiger partial charge in [0.1, 0.15) is 11.6 Å². The number of amides is 1. The molecule has 4 rings (SSSR count). The Bertz CT molecular complexity index is 1040. The molecule has 0 bridgehead atoms. The molecule has 8 nitrogen and oxygen atoms in total. The van der Waals surface area contributed by atoms with Crippen LogP contribution < -0.4 is 19.5 Å².